The molecule has 0 atom stereocenters. The van der Waals surface area contributed by atoms with Gasteiger partial charge in [-0.2, -0.15) is 9.68 Å². The second-order valence-electron chi connectivity index (χ2n) is 5.99. The normalized spacial score (nSPS) is 44.7. The van der Waals surface area contributed by atoms with Gasteiger partial charge in [-0.1, -0.05) is 0 Å². The van der Waals surface area contributed by atoms with Crippen molar-refractivity contribution < 1.29 is 30.3 Å². The molecular formula is C10H16N2O6+2. The summed E-state index contributed by atoms with van der Waals surface area (Å²) in [6, 6.07) is 0. The Labute approximate surface area is 102 Å². The second-order valence-corrected chi connectivity index (χ2v) is 5.99. The molecule has 0 saturated heterocycles. The molecule has 8 heteroatoms. The third-order valence-electron chi connectivity index (χ3n) is 4.50. The minimum absolute atomic E-state index is 0.297. The molecule has 18 heavy (non-hydrogen) atoms. The van der Waals surface area contributed by atoms with Crippen LogP contribution in [-0.4, -0.2) is 31.8 Å². The topological polar surface area (TPSA) is 99.1 Å². The quantitative estimate of drug-likeness (QED) is 0.738. The third kappa shape index (κ3) is 1.75. The summed E-state index contributed by atoms with van der Waals surface area (Å²) < 4.78 is 0. The first-order valence-corrected chi connectivity index (χ1v) is 6.11. The van der Waals surface area contributed by atoms with Gasteiger partial charge in [-0.25, -0.2) is 10.4 Å². The van der Waals surface area contributed by atoms with Crippen LogP contribution in [0.2, 0.25) is 0 Å². The van der Waals surface area contributed by atoms with Crippen molar-refractivity contribution in [2.24, 2.45) is 11.8 Å². The summed E-state index contributed by atoms with van der Waals surface area (Å²) in [7, 11) is 0. The molecular weight excluding hydrogens is 244 g/mol. The van der Waals surface area contributed by atoms with Gasteiger partial charge in [0.25, 0.3) is 0 Å². The molecule has 0 aromatic heterocycles. The first-order chi connectivity index (χ1) is 8.40. The molecule has 4 aliphatic carbocycles. The molecule has 0 unspecified atom stereocenters. The van der Waals surface area contributed by atoms with E-state index in [4.69, 9.17) is 20.1 Å². The first kappa shape index (κ1) is 11.5. The molecule has 4 rings (SSSR count). The molecule has 100 valence electrons. The molecule has 4 saturated carbocycles. The van der Waals surface area contributed by atoms with E-state index >= 15 is 0 Å². The van der Waals surface area contributed by atoms with Crippen molar-refractivity contribution in [3.8, 4) is 0 Å². The Morgan fingerprint density at radius 1 is 0.889 bits per heavy atom. The van der Waals surface area contributed by atoms with Crippen LogP contribution in [0.3, 0.4) is 0 Å². The van der Waals surface area contributed by atoms with Crippen molar-refractivity contribution in [2.75, 3.05) is 0 Å². The Kier molecular flexibility index (Phi) is 2.21. The van der Waals surface area contributed by atoms with E-state index in [1.54, 1.807) is 0 Å². The van der Waals surface area contributed by atoms with E-state index in [1.165, 1.54) is 0 Å². The van der Waals surface area contributed by atoms with Crippen LogP contribution in [0.1, 0.15) is 38.5 Å². The van der Waals surface area contributed by atoms with E-state index in [2.05, 4.69) is 0 Å². The van der Waals surface area contributed by atoms with E-state index in [1.807, 2.05) is 0 Å². The monoisotopic (exact) mass is 260 g/mol. The molecule has 0 heterocycles. The van der Waals surface area contributed by atoms with Crippen LogP contribution in [-0.2, 0) is 9.68 Å². The Balaban J connectivity index is 1.87. The lowest BCUT2D eigenvalue weighted by molar-refractivity contribution is -0.999. The fourth-order valence-corrected chi connectivity index (χ4v) is 4.64. The first-order valence-electron chi connectivity index (χ1n) is 6.11. The standard InChI is InChI=1S/C10H16N2O6/c13-11(14)17-9-2-7-1-8(4-9)5-10(3-7,6-9)18-12(15)16/h7-8H,1-6H2,(H,13,14)(H,15,16)/q+2. The lowest BCUT2D eigenvalue weighted by Crippen LogP contribution is -2.62. The average Bonchev–Trinajstić information content (AvgIpc) is 2.08. The van der Waals surface area contributed by atoms with Gasteiger partial charge in [0.15, 0.2) is 11.2 Å². The Morgan fingerprint density at radius 3 is 1.61 bits per heavy atom. The summed E-state index contributed by atoms with van der Waals surface area (Å²) in [5.74, 6) is 0.595. The molecule has 0 radical (unpaired) electrons. The highest BCUT2D eigenvalue weighted by Crippen LogP contribution is 2.60. The summed E-state index contributed by atoms with van der Waals surface area (Å²) in [6.45, 7) is 0. The average molecular weight is 260 g/mol. The van der Waals surface area contributed by atoms with Crippen LogP contribution in [0.5, 0.6) is 0 Å². The van der Waals surface area contributed by atoms with Gasteiger partial charge >= 0.3 is 10.2 Å². The predicted octanol–water partition coefficient (Wildman–Crippen LogP) is 1.28. The van der Waals surface area contributed by atoms with Gasteiger partial charge in [-0.15, -0.1) is 0 Å². The lowest BCUT2D eigenvalue weighted by Gasteiger charge is -2.54. The SMILES string of the molecule is O=[N+](O)OC12CC3CC(C1)CC(O[N+](=O)O)(C3)C2. The maximum Gasteiger partial charge on any atom is 0.475 e. The maximum absolute atomic E-state index is 10.7. The number of hydrogen-bond acceptors (Lipinski definition) is 4. The highest BCUT2D eigenvalue weighted by molar-refractivity contribution is 5.09. The minimum atomic E-state index is -0.767. The third-order valence-corrected chi connectivity index (χ3v) is 4.50. The van der Waals surface area contributed by atoms with Crippen molar-refractivity contribution in [1.82, 2.24) is 0 Å². The Morgan fingerprint density at radius 2 is 1.28 bits per heavy atom. The number of hydrogen-bond donors (Lipinski definition) is 2. The number of rotatable bonds is 4. The van der Waals surface area contributed by atoms with E-state index in [0.717, 1.165) is 6.42 Å². The molecule has 0 aromatic carbocycles. The van der Waals surface area contributed by atoms with Crippen molar-refractivity contribution >= 4 is 0 Å². The Hall–Kier alpha value is -1.60. The molecule has 8 nitrogen and oxygen atoms in total. The van der Waals surface area contributed by atoms with E-state index in [-0.39, 0.29) is 0 Å². The summed E-state index contributed by atoms with van der Waals surface area (Å²) in [6.07, 6.45) is 4.07. The summed E-state index contributed by atoms with van der Waals surface area (Å²) in [4.78, 5) is 31.5. The molecule has 0 spiro atoms. The minimum Gasteiger partial charge on any atom is -0.200 e. The van der Waals surface area contributed by atoms with Crippen molar-refractivity contribution in [2.45, 2.75) is 49.7 Å². The van der Waals surface area contributed by atoms with Gasteiger partial charge in [0, 0.05) is 6.42 Å². The van der Waals surface area contributed by atoms with Crippen LogP contribution in [0.15, 0.2) is 0 Å². The largest absolute Gasteiger partial charge is 0.475 e. The highest BCUT2D eigenvalue weighted by atomic mass is 17.0. The molecule has 4 bridgehead atoms. The van der Waals surface area contributed by atoms with Gasteiger partial charge in [-0.05, 0) is 43.9 Å². The zero-order valence-electron chi connectivity index (χ0n) is 9.82. The fourth-order valence-electron chi connectivity index (χ4n) is 4.64. The van der Waals surface area contributed by atoms with E-state index < -0.39 is 21.4 Å². The molecule has 2 N–H and O–H groups in total. The molecule has 0 aromatic rings. The van der Waals surface area contributed by atoms with Crippen LogP contribution < -0.4 is 0 Å². The van der Waals surface area contributed by atoms with Crippen LogP contribution >= 0.6 is 0 Å². The zero-order chi connectivity index (χ0) is 13.0. The number of nitrogens with zero attached hydrogens (tertiary/aromatic N) is 2. The summed E-state index contributed by atoms with van der Waals surface area (Å²) in [5.41, 5.74) is -1.53. The fraction of sp³-hybridized carbons (Fsp3) is 1.00. The van der Waals surface area contributed by atoms with E-state index in [0.29, 0.717) is 43.9 Å². The summed E-state index contributed by atoms with van der Waals surface area (Å²) in [5, 5.41) is 16.5. The van der Waals surface area contributed by atoms with Crippen LogP contribution in [0.4, 0.5) is 0 Å². The summed E-state index contributed by atoms with van der Waals surface area (Å²) >= 11 is 0. The van der Waals surface area contributed by atoms with E-state index in [9.17, 15) is 9.81 Å². The molecule has 4 aliphatic rings. The van der Waals surface area contributed by atoms with Gasteiger partial charge in [-0.3, -0.25) is 0 Å². The van der Waals surface area contributed by atoms with Crippen molar-refractivity contribution in [3.05, 3.63) is 9.81 Å². The van der Waals surface area contributed by atoms with Crippen LogP contribution in [0, 0.1) is 21.6 Å². The second kappa shape index (κ2) is 3.46. The highest BCUT2D eigenvalue weighted by Gasteiger charge is 2.66. The van der Waals surface area contributed by atoms with Gasteiger partial charge in [0.2, 0.25) is 0 Å². The van der Waals surface area contributed by atoms with Crippen LogP contribution in [0.25, 0.3) is 0 Å². The molecule has 4 fully saturated rings. The van der Waals surface area contributed by atoms with Crippen molar-refractivity contribution in [3.63, 3.8) is 0 Å². The smallest absolute Gasteiger partial charge is 0.200 e. The van der Waals surface area contributed by atoms with Gasteiger partial charge in [0.05, 0.1) is 0 Å². The zero-order valence-corrected chi connectivity index (χ0v) is 9.82. The van der Waals surface area contributed by atoms with Gasteiger partial charge in [0.1, 0.15) is 9.81 Å². The Bertz CT molecular complexity index is 363. The maximum atomic E-state index is 10.7. The predicted molar refractivity (Wildman–Crippen MR) is 53.1 cm³/mol. The lowest BCUT2D eigenvalue weighted by atomic mass is 9.52. The molecule has 0 amide bonds. The van der Waals surface area contributed by atoms with Crippen molar-refractivity contribution in [1.29, 1.82) is 0 Å². The van der Waals surface area contributed by atoms with Gasteiger partial charge < -0.3 is 0 Å². The molecule has 0 aliphatic heterocycles.